The molecule has 0 aromatic heterocycles. The van der Waals surface area contributed by atoms with Crippen LogP contribution in [0.15, 0.2) is 0 Å². The fourth-order valence-corrected chi connectivity index (χ4v) is 3.10. The van der Waals surface area contributed by atoms with E-state index in [2.05, 4.69) is 34.7 Å². The lowest BCUT2D eigenvalue weighted by molar-refractivity contribution is -0.131. The normalized spacial score (nSPS) is 10.9. The van der Waals surface area contributed by atoms with Crippen molar-refractivity contribution in [1.29, 1.82) is 0 Å². The number of unbranched alkanes of at least 4 members (excludes halogenated alkanes) is 9. The van der Waals surface area contributed by atoms with E-state index >= 15 is 0 Å². The smallest absolute Gasteiger partial charge is 0.222 e. The molecule has 132 valence electrons. The van der Waals surface area contributed by atoms with Crippen molar-refractivity contribution in [2.45, 2.75) is 97.3 Å². The molecule has 0 aromatic rings. The molecular weight excluding hydrogens is 338 g/mol. The molecule has 0 spiro atoms. The second kappa shape index (κ2) is 17.3. The fraction of sp³-hybridized carbons (Fsp3) is 0.947. The van der Waals surface area contributed by atoms with Crippen LogP contribution in [-0.4, -0.2) is 29.2 Å². The maximum absolute atomic E-state index is 12.4. The third-order valence-corrected chi connectivity index (χ3v) is 4.75. The van der Waals surface area contributed by atoms with Gasteiger partial charge in [-0.05, 0) is 25.7 Å². The first-order valence-corrected chi connectivity index (χ1v) is 10.7. The van der Waals surface area contributed by atoms with Gasteiger partial charge in [-0.2, -0.15) is 0 Å². The van der Waals surface area contributed by atoms with E-state index in [1.54, 1.807) is 0 Å². The Morgan fingerprint density at radius 1 is 0.727 bits per heavy atom. The SMILES string of the molecule is CCCCCCCN(CCCCCCC)C(=O)CCCCBr. The third kappa shape index (κ3) is 13.6. The predicted molar refractivity (Wildman–Crippen MR) is 102 cm³/mol. The summed E-state index contributed by atoms with van der Waals surface area (Å²) in [5, 5.41) is 1.01. The first-order chi connectivity index (χ1) is 10.8. The Bertz CT molecular complexity index is 232. The Balaban J connectivity index is 3.98. The molecule has 1 amide bonds. The molecule has 22 heavy (non-hydrogen) atoms. The Kier molecular flexibility index (Phi) is 17.3. The topological polar surface area (TPSA) is 20.3 Å². The zero-order valence-electron chi connectivity index (χ0n) is 15.0. The first kappa shape index (κ1) is 21.9. The van der Waals surface area contributed by atoms with E-state index in [0.717, 1.165) is 37.7 Å². The predicted octanol–water partition coefficient (Wildman–Crippen LogP) is 6.32. The minimum absolute atomic E-state index is 0.381. The molecule has 0 heterocycles. The van der Waals surface area contributed by atoms with Gasteiger partial charge in [-0.25, -0.2) is 0 Å². The molecule has 0 N–H and O–H groups in total. The van der Waals surface area contributed by atoms with Gasteiger partial charge >= 0.3 is 0 Å². The molecule has 0 fully saturated rings. The number of nitrogens with zero attached hydrogens (tertiary/aromatic N) is 1. The van der Waals surface area contributed by atoms with E-state index in [1.807, 2.05) is 0 Å². The van der Waals surface area contributed by atoms with Crippen LogP contribution in [0.25, 0.3) is 0 Å². The van der Waals surface area contributed by atoms with Crippen molar-refractivity contribution >= 4 is 21.8 Å². The summed E-state index contributed by atoms with van der Waals surface area (Å²) in [6.45, 7) is 6.45. The van der Waals surface area contributed by atoms with E-state index < -0.39 is 0 Å². The number of rotatable bonds is 16. The monoisotopic (exact) mass is 375 g/mol. The number of carbonyl (C=O) groups is 1. The quantitative estimate of drug-likeness (QED) is 0.228. The molecule has 0 aromatic carbocycles. The molecule has 2 nitrogen and oxygen atoms in total. The Labute approximate surface area is 147 Å². The van der Waals surface area contributed by atoms with Gasteiger partial charge in [0.1, 0.15) is 0 Å². The van der Waals surface area contributed by atoms with Gasteiger partial charge in [0.05, 0.1) is 0 Å². The van der Waals surface area contributed by atoms with E-state index in [-0.39, 0.29) is 0 Å². The average Bonchev–Trinajstić information content (AvgIpc) is 2.52. The van der Waals surface area contributed by atoms with Crippen LogP contribution in [0.5, 0.6) is 0 Å². The average molecular weight is 376 g/mol. The Hall–Kier alpha value is -0.0500. The molecule has 0 saturated heterocycles. The first-order valence-electron chi connectivity index (χ1n) is 9.60. The van der Waals surface area contributed by atoms with Gasteiger partial charge in [0.2, 0.25) is 5.91 Å². The summed E-state index contributed by atoms with van der Waals surface area (Å²) in [5.74, 6) is 0.381. The van der Waals surface area contributed by atoms with Crippen molar-refractivity contribution < 1.29 is 4.79 Å². The highest BCUT2D eigenvalue weighted by atomic mass is 79.9. The zero-order valence-corrected chi connectivity index (χ0v) is 16.6. The van der Waals surface area contributed by atoms with Crippen LogP contribution in [0.2, 0.25) is 0 Å². The zero-order chi connectivity index (χ0) is 16.5. The van der Waals surface area contributed by atoms with Crippen molar-refractivity contribution in [3.05, 3.63) is 0 Å². The van der Waals surface area contributed by atoms with Crippen LogP contribution >= 0.6 is 15.9 Å². The highest BCUT2D eigenvalue weighted by Crippen LogP contribution is 2.10. The molecule has 0 unspecified atom stereocenters. The molecular formula is C19H38BrNO. The van der Waals surface area contributed by atoms with Crippen LogP contribution < -0.4 is 0 Å². The lowest BCUT2D eigenvalue weighted by Gasteiger charge is -2.23. The number of amides is 1. The van der Waals surface area contributed by atoms with Gasteiger partial charge in [0.15, 0.2) is 0 Å². The number of hydrogen-bond acceptors (Lipinski definition) is 1. The maximum Gasteiger partial charge on any atom is 0.222 e. The van der Waals surface area contributed by atoms with Gasteiger partial charge in [-0.15, -0.1) is 0 Å². The van der Waals surface area contributed by atoms with Gasteiger partial charge < -0.3 is 4.90 Å². The second-order valence-corrected chi connectivity index (χ2v) is 7.15. The number of alkyl halides is 1. The largest absolute Gasteiger partial charge is 0.343 e. The van der Waals surface area contributed by atoms with Crippen molar-refractivity contribution in [3.8, 4) is 0 Å². The van der Waals surface area contributed by atoms with Crippen molar-refractivity contribution in [2.24, 2.45) is 0 Å². The lowest BCUT2D eigenvalue weighted by atomic mass is 10.1. The van der Waals surface area contributed by atoms with E-state index in [4.69, 9.17) is 0 Å². The number of halogens is 1. The summed E-state index contributed by atoms with van der Waals surface area (Å²) in [6.07, 6.45) is 15.6. The summed E-state index contributed by atoms with van der Waals surface area (Å²) >= 11 is 3.44. The Morgan fingerprint density at radius 3 is 1.68 bits per heavy atom. The van der Waals surface area contributed by atoms with E-state index in [9.17, 15) is 4.79 Å². The summed E-state index contributed by atoms with van der Waals surface area (Å²) in [6, 6.07) is 0. The molecule has 0 aliphatic rings. The fourth-order valence-electron chi connectivity index (χ4n) is 2.70. The summed E-state index contributed by atoms with van der Waals surface area (Å²) in [4.78, 5) is 14.5. The molecule has 0 bridgehead atoms. The molecule has 0 aliphatic heterocycles. The van der Waals surface area contributed by atoms with Crippen LogP contribution in [0.3, 0.4) is 0 Å². The van der Waals surface area contributed by atoms with Gasteiger partial charge in [0.25, 0.3) is 0 Å². The summed E-state index contributed by atoms with van der Waals surface area (Å²) in [5.41, 5.74) is 0. The number of hydrogen-bond donors (Lipinski definition) is 0. The van der Waals surface area contributed by atoms with Crippen LogP contribution in [0.1, 0.15) is 97.3 Å². The van der Waals surface area contributed by atoms with E-state index in [0.29, 0.717) is 5.91 Å². The Morgan fingerprint density at radius 2 is 1.23 bits per heavy atom. The summed E-state index contributed by atoms with van der Waals surface area (Å²) in [7, 11) is 0. The van der Waals surface area contributed by atoms with Crippen molar-refractivity contribution in [1.82, 2.24) is 4.90 Å². The molecule has 0 atom stereocenters. The van der Waals surface area contributed by atoms with Crippen molar-refractivity contribution in [3.63, 3.8) is 0 Å². The third-order valence-electron chi connectivity index (χ3n) is 4.19. The molecule has 0 rings (SSSR count). The lowest BCUT2D eigenvalue weighted by Crippen LogP contribution is -2.32. The maximum atomic E-state index is 12.4. The van der Waals surface area contributed by atoms with Gasteiger partial charge in [-0.1, -0.05) is 81.1 Å². The molecule has 0 aliphatic carbocycles. The van der Waals surface area contributed by atoms with Crippen LogP contribution in [0.4, 0.5) is 0 Å². The number of carbonyl (C=O) groups excluding carboxylic acids is 1. The highest BCUT2D eigenvalue weighted by molar-refractivity contribution is 9.09. The highest BCUT2D eigenvalue weighted by Gasteiger charge is 2.12. The minimum Gasteiger partial charge on any atom is -0.343 e. The van der Waals surface area contributed by atoms with E-state index in [1.165, 1.54) is 64.2 Å². The minimum atomic E-state index is 0.381. The molecule has 0 saturated carbocycles. The van der Waals surface area contributed by atoms with Gasteiger partial charge in [-0.3, -0.25) is 4.79 Å². The van der Waals surface area contributed by atoms with Crippen LogP contribution in [0, 0.1) is 0 Å². The van der Waals surface area contributed by atoms with Gasteiger partial charge in [0, 0.05) is 24.8 Å². The summed E-state index contributed by atoms with van der Waals surface area (Å²) < 4.78 is 0. The molecule has 3 heteroatoms. The second-order valence-electron chi connectivity index (χ2n) is 6.36. The van der Waals surface area contributed by atoms with Crippen LogP contribution in [-0.2, 0) is 4.79 Å². The molecule has 0 radical (unpaired) electrons. The standard InChI is InChI=1S/C19H38BrNO/c1-3-5-7-9-13-17-21(18-14-10-8-6-4-2)19(22)15-11-12-16-20/h3-18H2,1-2H3. The van der Waals surface area contributed by atoms with Crippen molar-refractivity contribution in [2.75, 3.05) is 18.4 Å².